The Kier molecular flexibility index (Phi) is 5.29. The van der Waals surface area contributed by atoms with Crippen LogP contribution in [-0.4, -0.2) is 20.9 Å². The third-order valence-electron chi connectivity index (χ3n) is 3.50. The van der Waals surface area contributed by atoms with Crippen molar-refractivity contribution < 1.29 is 21.9 Å². The van der Waals surface area contributed by atoms with Gasteiger partial charge >= 0.3 is 5.92 Å². The second-order valence-corrected chi connectivity index (χ2v) is 9.63. The highest BCUT2D eigenvalue weighted by molar-refractivity contribution is 9.11. The van der Waals surface area contributed by atoms with E-state index >= 15 is 0 Å². The SMILES string of the molecule is O=S(=O)(Nc1cccc(C2OCC2(F)F)c1)c1c(Br)cc(Br)cc1Br. The summed E-state index contributed by atoms with van der Waals surface area (Å²) in [5.41, 5.74) is 0.385. The zero-order valence-corrected chi connectivity index (χ0v) is 17.8. The minimum Gasteiger partial charge on any atom is -0.361 e. The molecule has 1 aliphatic heterocycles. The summed E-state index contributed by atoms with van der Waals surface area (Å²) in [6.45, 7) is -0.633. The molecule has 0 bridgehead atoms. The van der Waals surface area contributed by atoms with Crippen LogP contribution in [0.15, 0.2) is 54.7 Å². The number of anilines is 1. The van der Waals surface area contributed by atoms with E-state index < -0.39 is 28.7 Å². The van der Waals surface area contributed by atoms with Crippen LogP contribution < -0.4 is 4.72 Å². The van der Waals surface area contributed by atoms with Crippen LogP contribution in [0.1, 0.15) is 11.7 Å². The summed E-state index contributed by atoms with van der Waals surface area (Å²) in [5.74, 6) is -2.95. The van der Waals surface area contributed by atoms with E-state index in [9.17, 15) is 17.2 Å². The molecular weight excluding hydrogens is 552 g/mol. The van der Waals surface area contributed by atoms with Crippen LogP contribution in [0.5, 0.6) is 0 Å². The van der Waals surface area contributed by atoms with Crippen LogP contribution >= 0.6 is 47.8 Å². The van der Waals surface area contributed by atoms with Crippen LogP contribution in [0.3, 0.4) is 0 Å². The zero-order chi connectivity index (χ0) is 18.4. The highest BCUT2D eigenvalue weighted by atomic mass is 79.9. The molecule has 0 spiro atoms. The molecule has 25 heavy (non-hydrogen) atoms. The summed E-state index contributed by atoms with van der Waals surface area (Å²) in [5, 5.41) is 0. The van der Waals surface area contributed by atoms with E-state index in [0.717, 1.165) is 0 Å². The van der Waals surface area contributed by atoms with Crippen LogP contribution in [0.25, 0.3) is 0 Å². The second-order valence-electron chi connectivity index (χ2n) is 5.38. The van der Waals surface area contributed by atoms with Gasteiger partial charge in [-0.2, -0.15) is 0 Å². The molecule has 1 atom stereocenters. The lowest BCUT2D eigenvalue weighted by atomic mass is 9.99. The zero-order valence-electron chi connectivity index (χ0n) is 12.3. The van der Waals surface area contributed by atoms with Gasteiger partial charge in [0.2, 0.25) is 0 Å². The number of sulfonamides is 1. The minimum absolute atomic E-state index is 0.00586. The highest BCUT2D eigenvalue weighted by Crippen LogP contribution is 2.44. The molecule has 1 N–H and O–H groups in total. The van der Waals surface area contributed by atoms with E-state index in [4.69, 9.17) is 4.74 Å². The van der Waals surface area contributed by atoms with Crippen molar-refractivity contribution in [2.45, 2.75) is 16.9 Å². The van der Waals surface area contributed by atoms with E-state index in [1.54, 1.807) is 12.1 Å². The number of halogens is 5. The first-order chi connectivity index (χ1) is 11.6. The summed E-state index contributed by atoms with van der Waals surface area (Å²) in [7, 11) is -3.94. The highest BCUT2D eigenvalue weighted by Gasteiger charge is 2.51. The van der Waals surface area contributed by atoms with Crippen molar-refractivity contribution >= 4 is 63.5 Å². The predicted octanol–water partition coefficient (Wildman–Crippen LogP) is 5.48. The van der Waals surface area contributed by atoms with Gasteiger partial charge in [-0.3, -0.25) is 4.72 Å². The van der Waals surface area contributed by atoms with E-state index in [0.29, 0.717) is 13.4 Å². The summed E-state index contributed by atoms with van der Waals surface area (Å²) in [4.78, 5) is 0.00586. The Hall–Kier alpha value is -0.550. The maximum Gasteiger partial charge on any atom is 0.300 e. The van der Waals surface area contributed by atoms with Crippen molar-refractivity contribution in [3.8, 4) is 0 Å². The van der Waals surface area contributed by atoms with Gasteiger partial charge < -0.3 is 4.74 Å². The van der Waals surface area contributed by atoms with Crippen molar-refractivity contribution in [1.29, 1.82) is 0 Å². The summed E-state index contributed by atoms with van der Waals surface area (Å²) in [6, 6.07) is 8.99. The van der Waals surface area contributed by atoms with Gasteiger partial charge in [-0.15, -0.1) is 0 Å². The quantitative estimate of drug-likeness (QED) is 0.538. The largest absolute Gasteiger partial charge is 0.361 e. The smallest absolute Gasteiger partial charge is 0.300 e. The Bertz CT molecular complexity index is 914. The fraction of sp³-hybridized carbons (Fsp3) is 0.200. The molecule has 10 heteroatoms. The van der Waals surface area contributed by atoms with E-state index in [1.807, 2.05) is 0 Å². The molecule has 2 aromatic carbocycles. The Balaban J connectivity index is 1.92. The number of hydrogen-bond donors (Lipinski definition) is 1. The minimum atomic E-state index is -3.94. The molecule has 3 rings (SSSR count). The molecule has 2 aromatic rings. The number of alkyl halides is 2. The molecule has 1 fully saturated rings. The van der Waals surface area contributed by atoms with Crippen LogP contribution in [0.4, 0.5) is 14.5 Å². The molecule has 1 aliphatic rings. The average Bonchev–Trinajstić information content (AvgIpc) is 2.44. The molecule has 4 nitrogen and oxygen atoms in total. The maximum atomic E-state index is 13.5. The lowest BCUT2D eigenvalue weighted by molar-refractivity contribution is -0.268. The third kappa shape index (κ3) is 3.92. The molecule has 0 aromatic heterocycles. The molecule has 0 saturated carbocycles. The van der Waals surface area contributed by atoms with Gasteiger partial charge in [-0.05, 0) is 61.7 Å². The molecule has 0 aliphatic carbocycles. The van der Waals surface area contributed by atoms with Gasteiger partial charge in [0.05, 0.1) is 0 Å². The maximum absolute atomic E-state index is 13.5. The standard InChI is InChI=1S/C15H10Br3F2NO3S/c16-9-5-11(17)13(12(18)6-9)25(22,23)21-10-3-1-2-8(4-10)14-15(19,20)7-24-14/h1-6,14,21H,7H2. The van der Waals surface area contributed by atoms with Crippen LogP contribution in [0, 0.1) is 0 Å². The van der Waals surface area contributed by atoms with Crippen molar-refractivity contribution in [2.24, 2.45) is 0 Å². The fourth-order valence-electron chi connectivity index (χ4n) is 2.39. The topological polar surface area (TPSA) is 55.4 Å². The predicted molar refractivity (Wildman–Crippen MR) is 100 cm³/mol. The molecule has 1 heterocycles. The Morgan fingerprint density at radius 2 is 1.76 bits per heavy atom. The molecule has 0 radical (unpaired) electrons. The monoisotopic (exact) mass is 559 g/mol. The van der Waals surface area contributed by atoms with Gasteiger partial charge in [-0.1, -0.05) is 28.1 Å². The Morgan fingerprint density at radius 3 is 2.28 bits per heavy atom. The number of hydrogen-bond acceptors (Lipinski definition) is 3. The third-order valence-corrected chi connectivity index (χ3v) is 7.21. The van der Waals surface area contributed by atoms with Gasteiger partial charge in [0.15, 0.2) is 0 Å². The molecule has 0 amide bonds. The first-order valence-corrected chi connectivity index (χ1v) is 10.7. The van der Waals surface area contributed by atoms with Crippen LogP contribution in [0.2, 0.25) is 0 Å². The van der Waals surface area contributed by atoms with E-state index in [-0.39, 0.29) is 16.1 Å². The number of ether oxygens (including phenoxy) is 1. The van der Waals surface area contributed by atoms with Crippen molar-refractivity contribution in [1.82, 2.24) is 0 Å². The van der Waals surface area contributed by atoms with Crippen molar-refractivity contribution in [3.05, 3.63) is 55.4 Å². The molecule has 1 saturated heterocycles. The van der Waals surface area contributed by atoms with E-state index in [2.05, 4.69) is 52.5 Å². The number of rotatable bonds is 4. The van der Waals surface area contributed by atoms with Gasteiger partial charge in [0.25, 0.3) is 10.0 Å². The van der Waals surface area contributed by atoms with Crippen LogP contribution in [-0.2, 0) is 14.8 Å². The summed E-state index contributed by atoms with van der Waals surface area (Å²) < 4.78 is 61.0. The molecule has 134 valence electrons. The van der Waals surface area contributed by atoms with Crippen molar-refractivity contribution in [2.75, 3.05) is 11.3 Å². The normalized spacial score (nSPS) is 19.3. The van der Waals surface area contributed by atoms with Crippen molar-refractivity contribution in [3.63, 3.8) is 0 Å². The second kappa shape index (κ2) is 6.88. The fourth-order valence-corrected chi connectivity index (χ4v) is 7.10. The average molecular weight is 562 g/mol. The summed E-state index contributed by atoms with van der Waals surface area (Å²) >= 11 is 9.71. The Morgan fingerprint density at radius 1 is 1.12 bits per heavy atom. The number of nitrogens with one attached hydrogen (secondary N) is 1. The lowest BCUT2D eigenvalue weighted by Gasteiger charge is -2.36. The van der Waals surface area contributed by atoms with E-state index in [1.165, 1.54) is 24.3 Å². The first-order valence-electron chi connectivity index (χ1n) is 6.87. The van der Waals surface area contributed by atoms with Gasteiger partial charge in [-0.25, -0.2) is 17.2 Å². The van der Waals surface area contributed by atoms with Gasteiger partial charge in [0.1, 0.15) is 17.6 Å². The number of benzene rings is 2. The molecule has 1 unspecified atom stereocenters. The van der Waals surface area contributed by atoms with Gasteiger partial charge in [0, 0.05) is 19.1 Å². The first kappa shape index (κ1) is 19.2. The lowest BCUT2D eigenvalue weighted by Crippen LogP contribution is -2.44. The molecular formula is C15H10Br3F2NO3S. The Labute approximate surface area is 168 Å². The summed E-state index contributed by atoms with van der Waals surface area (Å²) in [6.07, 6.45) is -1.36.